The molecule has 2 heterocycles. The second-order valence-electron chi connectivity index (χ2n) is 5.81. The molecule has 1 aliphatic heterocycles. The summed E-state index contributed by atoms with van der Waals surface area (Å²) in [5.74, 6) is -0.632. The minimum absolute atomic E-state index is 0.0200. The third kappa shape index (κ3) is 2.34. The molecule has 0 saturated heterocycles. The van der Waals surface area contributed by atoms with Crippen molar-refractivity contribution in [3.8, 4) is 6.07 Å². The largest absolute Gasteiger partial charge is 0.384 e. The fourth-order valence-electron chi connectivity index (χ4n) is 3.02. The van der Waals surface area contributed by atoms with Crippen molar-refractivity contribution in [2.45, 2.75) is 5.92 Å². The van der Waals surface area contributed by atoms with Crippen molar-refractivity contribution in [1.82, 2.24) is 9.13 Å². The van der Waals surface area contributed by atoms with Gasteiger partial charge in [0.1, 0.15) is 11.6 Å². The average molecular weight is 354 g/mol. The molecule has 0 saturated carbocycles. The third-order valence-electron chi connectivity index (χ3n) is 4.38. The Hall–Kier alpha value is -3.87. The van der Waals surface area contributed by atoms with Crippen molar-refractivity contribution in [1.29, 1.82) is 5.26 Å². The fraction of sp³-hybridized carbons (Fsp3) is 0.188. The van der Waals surface area contributed by atoms with Crippen LogP contribution in [0.25, 0.3) is 0 Å². The molecule has 0 radical (unpaired) electrons. The number of anilines is 1. The molecule has 26 heavy (non-hydrogen) atoms. The van der Waals surface area contributed by atoms with E-state index in [9.17, 15) is 25.0 Å². The zero-order valence-corrected chi connectivity index (χ0v) is 13.9. The normalized spacial score (nSPS) is 15.8. The van der Waals surface area contributed by atoms with Crippen molar-refractivity contribution in [3.05, 3.63) is 77.7 Å². The lowest BCUT2D eigenvalue weighted by molar-refractivity contribution is -0.384. The average Bonchev–Trinajstić information content (AvgIpc) is 2.63. The first-order chi connectivity index (χ1) is 12.3. The van der Waals surface area contributed by atoms with Crippen LogP contribution in [0, 0.1) is 21.4 Å². The highest BCUT2D eigenvalue weighted by atomic mass is 16.6. The van der Waals surface area contributed by atoms with Gasteiger partial charge in [-0.2, -0.15) is 5.26 Å². The van der Waals surface area contributed by atoms with Crippen LogP contribution in [0.15, 0.2) is 45.2 Å². The molecule has 10 heteroatoms. The Kier molecular flexibility index (Phi) is 3.84. The number of nitriles is 1. The molecule has 0 spiro atoms. The minimum Gasteiger partial charge on any atom is -0.384 e. The molecule has 0 bridgehead atoms. The van der Waals surface area contributed by atoms with E-state index >= 15 is 0 Å². The molecule has 2 aromatic rings. The van der Waals surface area contributed by atoms with Crippen LogP contribution >= 0.6 is 0 Å². The molecule has 3 rings (SSSR count). The number of non-ortho nitro benzene ring substituents is 1. The Morgan fingerprint density at radius 2 is 1.85 bits per heavy atom. The van der Waals surface area contributed by atoms with E-state index in [2.05, 4.69) is 5.32 Å². The highest BCUT2D eigenvalue weighted by Crippen LogP contribution is 2.38. The van der Waals surface area contributed by atoms with E-state index in [1.807, 2.05) is 6.07 Å². The van der Waals surface area contributed by atoms with Crippen molar-refractivity contribution in [2.24, 2.45) is 19.8 Å². The molecule has 0 aliphatic carbocycles. The molecule has 1 aliphatic rings. The summed E-state index contributed by atoms with van der Waals surface area (Å²) in [5, 5.41) is 23.1. The van der Waals surface area contributed by atoms with Crippen LogP contribution in [0.1, 0.15) is 17.0 Å². The van der Waals surface area contributed by atoms with Crippen molar-refractivity contribution in [2.75, 3.05) is 5.32 Å². The zero-order valence-electron chi connectivity index (χ0n) is 13.9. The van der Waals surface area contributed by atoms with Crippen LogP contribution in [-0.4, -0.2) is 14.1 Å². The first-order valence-electron chi connectivity index (χ1n) is 7.49. The molecule has 3 N–H and O–H groups in total. The van der Waals surface area contributed by atoms with E-state index in [0.29, 0.717) is 5.56 Å². The van der Waals surface area contributed by atoms with E-state index in [-0.39, 0.29) is 28.5 Å². The van der Waals surface area contributed by atoms with Gasteiger partial charge in [-0.15, -0.1) is 0 Å². The summed E-state index contributed by atoms with van der Waals surface area (Å²) >= 11 is 0. The van der Waals surface area contributed by atoms with Gasteiger partial charge in [-0.25, -0.2) is 4.79 Å². The second-order valence-corrected chi connectivity index (χ2v) is 5.81. The van der Waals surface area contributed by atoms with Crippen molar-refractivity contribution < 1.29 is 4.92 Å². The predicted molar refractivity (Wildman–Crippen MR) is 92.3 cm³/mol. The lowest BCUT2D eigenvalue weighted by Gasteiger charge is -2.28. The van der Waals surface area contributed by atoms with Crippen molar-refractivity contribution in [3.63, 3.8) is 0 Å². The Balaban J connectivity index is 2.34. The van der Waals surface area contributed by atoms with Crippen molar-refractivity contribution >= 4 is 11.5 Å². The maximum absolute atomic E-state index is 12.7. The summed E-state index contributed by atoms with van der Waals surface area (Å²) in [5.41, 5.74) is 5.45. The Bertz CT molecular complexity index is 1120. The zero-order chi connectivity index (χ0) is 19.2. The van der Waals surface area contributed by atoms with Gasteiger partial charge >= 0.3 is 5.69 Å². The van der Waals surface area contributed by atoms with Crippen LogP contribution in [0.4, 0.5) is 11.5 Å². The molecule has 10 nitrogen and oxygen atoms in total. The minimum atomic E-state index is -0.845. The number of rotatable bonds is 2. The summed E-state index contributed by atoms with van der Waals surface area (Å²) in [4.78, 5) is 35.2. The van der Waals surface area contributed by atoms with Gasteiger partial charge in [-0.05, 0) is 5.56 Å². The number of nitrogens with zero attached hydrogens (tertiary/aromatic N) is 4. The number of hydrogen-bond donors (Lipinski definition) is 2. The van der Waals surface area contributed by atoms with E-state index in [0.717, 1.165) is 4.57 Å². The van der Waals surface area contributed by atoms with Gasteiger partial charge in [0, 0.05) is 26.2 Å². The predicted octanol–water partition coefficient (Wildman–Crippen LogP) is 0.243. The SMILES string of the molecule is Cn1c2c(c(=O)n(C)c1=O)[C@H](c1ccc([N+](=O)[O-])cc1)C(C#N)=C(N)N2. The molecular weight excluding hydrogens is 340 g/mol. The van der Waals surface area contributed by atoms with E-state index in [1.165, 1.54) is 42.9 Å². The maximum Gasteiger partial charge on any atom is 0.332 e. The number of aromatic nitrogens is 2. The van der Waals surface area contributed by atoms with Crippen LogP contribution in [0.2, 0.25) is 0 Å². The number of nitrogens with one attached hydrogen (secondary N) is 1. The van der Waals surface area contributed by atoms with Crippen LogP contribution in [-0.2, 0) is 14.1 Å². The number of fused-ring (bicyclic) bond motifs is 1. The van der Waals surface area contributed by atoms with Gasteiger partial charge in [0.15, 0.2) is 0 Å². The summed E-state index contributed by atoms with van der Waals surface area (Å²) in [6, 6.07) is 7.49. The van der Waals surface area contributed by atoms with Gasteiger partial charge in [0.05, 0.1) is 28.0 Å². The molecule has 0 amide bonds. The smallest absolute Gasteiger partial charge is 0.332 e. The lowest BCUT2D eigenvalue weighted by atomic mass is 9.84. The lowest BCUT2D eigenvalue weighted by Crippen LogP contribution is -2.43. The van der Waals surface area contributed by atoms with Gasteiger partial charge in [0.25, 0.3) is 11.2 Å². The van der Waals surface area contributed by atoms with E-state index in [1.54, 1.807) is 0 Å². The van der Waals surface area contributed by atoms with Gasteiger partial charge in [0.2, 0.25) is 0 Å². The van der Waals surface area contributed by atoms with Crippen LogP contribution < -0.4 is 22.3 Å². The number of benzene rings is 1. The summed E-state index contributed by atoms with van der Waals surface area (Å²) in [6.07, 6.45) is 0. The number of nitro groups is 1. The van der Waals surface area contributed by atoms with E-state index < -0.39 is 22.1 Å². The molecule has 1 aromatic carbocycles. The Labute approximate surface area is 146 Å². The summed E-state index contributed by atoms with van der Waals surface area (Å²) < 4.78 is 2.17. The standard InChI is InChI=1S/C16H14N6O4/c1-20-14-12(15(23)21(2)16(20)24)11(10(7-17)13(18)19-14)8-3-5-9(6-4-8)22(25)26/h3-6,11,19H,18H2,1-2H3/t11-/m1/s1. The fourth-order valence-corrected chi connectivity index (χ4v) is 3.02. The quantitative estimate of drug-likeness (QED) is 0.579. The monoisotopic (exact) mass is 354 g/mol. The highest BCUT2D eigenvalue weighted by Gasteiger charge is 2.34. The molecular formula is C16H14N6O4. The molecule has 0 unspecified atom stereocenters. The first-order valence-corrected chi connectivity index (χ1v) is 7.49. The van der Waals surface area contributed by atoms with Gasteiger partial charge in [-0.3, -0.25) is 24.0 Å². The number of allylic oxidation sites excluding steroid dienone is 1. The van der Waals surface area contributed by atoms with Gasteiger partial charge in [-0.1, -0.05) is 12.1 Å². The maximum atomic E-state index is 12.7. The highest BCUT2D eigenvalue weighted by molar-refractivity contribution is 5.64. The number of nitro benzene ring substituents is 1. The van der Waals surface area contributed by atoms with Crippen LogP contribution in [0.3, 0.4) is 0 Å². The topological polar surface area (TPSA) is 149 Å². The summed E-state index contributed by atoms with van der Waals surface area (Å²) in [7, 11) is 2.82. The van der Waals surface area contributed by atoms with E-state index in [4.69, 9.17) is 5.73 Å². The Morgan fingerprint density at radius 3 is 2.38 bits per heavy atom. The van der Waals surface area contributed by atoms with Gasteiger partial charge < -0.3 is 11.1 Å². The summed E-state index contributed by atoms with van der Waals surface area (Å²) in [6.45, 7) is 0. The Morgan fingerprint density at radius 1 is 1.23 bits per heavy atom. The molecule has 132 valence electrons. The second kappa shape index (κ2) is 5.89. The third-order valence-corrected chi connectivity index (χ3v) is 4.38. The van der Waals surface area contributed by atoms with Crippen LogP contribution in [0.5, 0.6) is 0 Å². The number of hydrogen-bond acceptors (Lipinski definition) is 7. The molecule has 1 atom stereocenters. The first kappa shape index (κ1) is 17.0. The molecule has 0 fully saturated rings. The molecule has 1 aromatic heterocycles. The number of nitrogens with two attached hydrogens (primary N) is 1.